The molecule has 0 bridgehead atoms. The lowest BCUT2D eigenvalue weighted by Crippen LogP contribution is -1.98. The summed E-state index contributed by atoms with van der Waals surface area (Å²) in [5.74, 6) is -0.295. The Morgan fingerprint density at radius 2 is 2.04 bits per heavy atom. The SMILES string of the molecule is C=CCOc1ncc(-c2ccc(/C=C/CCCC(C)O)c(F)c2)cn1. The molecule has 0 amide bonds. The van der Waals surface area contributed by atoms with Gasteiger partial charge in [0.15, 0.2) is 0 Å². The van der Waals surface area contributed by atoms with Gasteiger partial charge in [-0.1, -0.05) is 36.9 Å². The Hall–Kier alpha value is -2.53. The van der Waals surface area contributed by atoms with Gasteiger partial charge in [-0.3, -0.25) is 0 Å². The van der Waals surface area contributed by atoms with Crippen molar-refractivity contribution < 1.29 is 14.2 Å². The first-order valence-corrected chi connectivity index (χ1v) is 8.30. The van der Waals surface area contributed by atoms with Crippen molar-refractivity contribution in [3.63, 3.8) is 0 Å². The minimum Gasteiger partial charge on any atom is -0.459 e. The van der Waals surface area contributed by atoms with E-state index < -0.39 is 0 Å². The Morgan fingerprint density at radius 1 is 1.28 bits per heavy atom. The van der Waals surface area contributed by atoms with Gasteiger partial charge in [0.05, 0.1) is 6.10 Å². The fraction of sp³-hybridized carbons (Fsp3) is 0.300. The standard InChI is InChI=1S/C20H23FN2O2/c1-3-11-25-20-22-13-18(14-23-20)17-10-9-16(19(21)12-17)8-6-4-5-7-15(2)24/h3,6,8-10,12-15,24H,1,4-5,7,11H2,2H3/b8-6+. The fourth-order valence-corrected chi connectivity index (χ4v) is 2.26. The number of benzene rings is 1. The van der Waals surface area contributed by atoms with E-state index in [0.717, 1.165) is 24.8 Å². The molecular weight excluding hydrogens is 319 g/mol. The van der Waals surface area contributed by atoms with Gasteiger partial charge in [-0.2, -0.15) is 0 Å². The number of unbranched alkanes of at least 4 members (excludes halogenated alkanes) is 1. The van der Waals surface area contributed by atoms with Crippen molar-refractivity contribution >= 4 is 6.08 Å². The average molecular weight is 342 g/mol. The Bertz CT molecular complexity index is 712. The third-order valence-corrected chi connectivity index (χ3v) is 3.58. The van der Waals surface area contributed by atoms with Gasteiger partial charge in [0.1, 0.15) is 12.4 Å². The van der Waals surface area contributed by atoms with Crippen molar-refractivity contribution in [3.8, 4) is 17.1 Å². The van der Waals surface area contributed by atoms with Gasteiger partial charge in [-0.25, -0.2) is 14.4 Å². The normalized spacial score (nSPS) is 12.3. The Labute approximate surface area is 147 Å². The molecular formula is C20H23FN2O2. The molecule has 1 heterocycles. The van der Waals surface area contributed by atoms with Crippen LogP contribution in [-0.2, 0) is 0 Å². The first kappa shape index (κ1) is 18.8. The molecule has 0 radical (unpaired) electrons. The highest BCUT2D eigenvalue weighted by molar-refractivity contribution is 5.64. The zero-order valence-corrected chi connectivity index (χ0v) is 14.4. The third kappa shape index (κ3) is 6.12. The van der Waals surface area contributed by atoms with Crippen LogP contribution in [0, 0.1) is 5.82 Å². The van der Waals surface area contributed by atoms with E-state index in [1.165, 1.54) is 6.07 Å². The first-order chi connectivity index (χ1) is 12.1. The highest BCUT2D eigenvalue weighted by Gasteiger charge is 2.05. The predicted molar refractivity (Wildman–Crippen MR) is 97.7 cm³/mol. The molecule has 0 spiro atoms. The van der Waals surface area contributed by atoms with Gasteiger partial charge in [-0.15, -0.1) is 0 Å². The maximum atomic E-state index is 14.3. The summed E-state index contributed by atoms with van der Waals surface area (Å²) in [7, 11) is 0. The number of ether oxygens (including phenoxy) is 1. The summed E-state index contributed by atoms with van der Waals surface area (Å²) in [6.45, 7) is 5.67. The average Bonchev–Trinajstić information content (AvgIpc) is 2.61. The van der Waals surface area contributed by atoms with E-state index in [0.29, 0.717) is 17.7 Å². The quantitative estimate of drug-likeness (QED) is 0.542. The minimum absolute atomic E-state index is 0.265. The summed E-state index contributed by atoms with van der Waals surface area (Å²) in [4.78, 5) is 8.18. The van der Waals surface area contributed by atoms with E-state index in [1.807, 2.05) is 12.1 Å². The second-order valence-electron chi connectivity index (χ2n) is 5.77. The smallest absolute Gasteiger partial charge is 0.316 e. The number of aromatic nitrogens is 2. The lowest BCUT2D eigenvalue weighted by atomic mass is 10.1. The van der Waals surface area contributed by atoms with Crippen LogP contribution in [0.2, 0.25) is 0 Å². The maximum absolute atomic E-state index is 14.3. The molecule has 5 heteroatoms. The van der Waals surface area contributed by atoms with E-state index in [-0.39, 0.29) is 17.9 Å². The molecule has 0 aliphatic heterocycles. The number of rotatable bonds is 9. The van der Waals surface area contributed by atoms with Crippen molar-refractivity contribution in [1.29, 1.82) is 0 Å². The molecule has 1 atom stereocenters. The van der Waals surface area contributed by atoms with Crippen molar-refractivity contribution in [2.75, 3.05) is 6.61 Å². The zero-order chi connectivity index (χ0) is 18.1. The number of halogens is 1. The highest BCUT2D eigenvalue weighted by atomic mass is 19.1. The van der Waals surface area contributed by atoms with Gasteiger partial charge < -0.3 is 9.84 Å². The van der Waals surface area contributed by atoms with Gasteiger partial charge in [0.25, 0.3) is 0 Å². The number of hydrogen-bond acceptors (Lipinski definition) is 4. The lowest BCUT2D eigenvalue weighted by molar-refractivity contribution is 0.182. The molecule has 2 rings (SSSR count). The van der Waals surface area contributed by atoms with Crippen molar-refractivity contribution in [2.24, 2.45) is 0 Å². The predicted octanol–water partition coefficient (Wildman–Crippen LogP) is 4.41. The highest BCUT2D eigenvalue weighted by Crippen LogP contribution is 2.22. The van der Waals surface area contributed by atoms with Crippen molar-refractivity contribution in [3.05, 3.63) is 60.7 Å². The summed E-state index contributed by atoms with van der Waals surface area (Å²) in [6.07, 6.45) is 10.7. The van der Waals surface area contributed by atoms with Crippen LogP contribution in [-0.4, -0.2) is 27.8 Å². The molecule has 4 nitrogen and oxygen atoms in total. The van der Waals surface area contributed by atoms with E-state index >= 15 is 0 Å². The van der Waals surface area contributed by atoms with Gasteiger partial charge in [-0.05, 0) is 37.8 Å². The Kier molecular flexibility index (Phi) is 7.29. The van der Waals surface area contributed by atoms with E-state index in [9.17, 15) is 9.50 Å². The first-order valence-electron chi connectivity index (χ1n) is 8.30. The van der Waals surface area contributed by atoms with Gasteiger partial charge in [0.2, 0.25) is 0 Å². The number of aliphatic hydroxyl groups excluding tert-OH is 1. The molecule has 1 aromatic carbocycles. The zero-order valence-electron chi connectivity index (χ0n) is 14.4. The number of aliphatic hydroxyl groups is 1. The second-order valence-corrected chi connectivity index (χ2v) is 5.77. The molecule has 2 aromatic rings. The summed E-state index contributed by atoms with van der Waals surface area (Å²) in [5, 5.41) is 9.20. The molecule has 0 saturated heterocycles. The summed E-state index contributed by atoms with van der Waals surface area (Å²) >= 11 is 0. The van der Waals surface area contributed by atoms with Crippen molar-refractivity contribution in [1.82, 2.24) is 9.97 Å². The number of allylic oxidation sites excluding steroid dienone is 1. The fourth-order valence-electron chi connectivity index (χ4n) is 2.26. The van der Waals surface area contributed by atoms with Crippen LogP contribution in [0.5, 0.6) is 6.01 Å². The molecule has 0 fully saturated rings. The monoisotopic (exact) mass is 342 g/mol. The van der Waals surface area contributed by atoms with Crippen LogP contribution in [0.4, 0.5) is 4.39 Å². The lowest BCUT2D eigenvalue weighted by Gasteiger charge is -2.05. The largest absolute Gasteiger partial charge is 0.459 e. The Morgan fingerprint density at radius 3 is 2.68 bits per heavy atom. The molecule has 1 aromatic heterocycles. The van der Waals surface area contributed by atoms with Crippen LogP contribution >= 0.6 is 0 Å². The van der Waals surface area contributed by atoms with Crippen LogP contribution < -0.4 is 4.74 Å². The molecule has 0 saturated carbocycles. The minimum atomic E-state index is -0.295. The van der Waals surface area contributed by atoms with E-state index in [1.54, 1.807) is 37.5 Å². The second kappa shape index (κ2) is 9.69. The third-order valence-electron chi connectivity index (χ3n) is 3.58. The van der Waals surface area contributed by atoms with Crippen LogP contribution in [0.3, 0.4) is 0 Å². The van der Waals surface area contributed by atoms with Crippen LogP contribution in [0.25, 0.3) is 17.2 Å². The van der Waals surface area contributed by atoms with Crippen LogP contribution in [0.1, 0.15) is 31.7 Å². The topological polar surface area (TPSA) is 55.2 Å². The van der Waals surface area contributed by atoms with Gasteiger partial charge >= 0.3 is 6.01 Å². The van der Waals surface area contributed by atoms with Crippen molar-refractivity contribution in [2.45, 2.75) is 32.3 Å². The molecule has 25 heavy (non-hydrogen) atoms. The molecule has 1 N–H and O–H groups in total. The summed E-state index contributed by atoms with van der Waals surface area (Å²) in [6, 6.07) is 5.30. The molecule has 0 aliphatic carbocycles. The summed E-state index contributed by atoms with van der Waals surface area (Å²) < 4.78 is 19.5. The number of hydrogen-bond donors (Lipinski definition) is 1. The molecule has 0 aliphatic rings. The van der Waals surface area contributed by atoms with E-state index in [2.05, 4.69) is 16.5 Å². The Balaban J connectivity index is 2.00. The van der Waals surface area contributed by atoms with Gasteiger partial charge in [0, 0.05) is 23.5 Å². The molecule has 1 unspecified atom stereocenters. The molecule has 132 valence electrons. The number of nitrogens with zero attached hydrogens (tertiary/aromatic N) is 2. The summed E-state index contributed by atoms with van der Waals surface area (Å²) in [5.41, 5.74) is 1.96. The van der Waals surface area contributed by atoms with E-state index in [4.69, 9.17) is 4.74 Å². The maximum Gasteiger partial charge on any atom is 0.316 e. The van der Waals surface area contributed by atoms with Crippen LogP contribution in [0.15, 0.2) is 49.3 Å².